The number of H-pyrrole nitrogens is 1. The molecule has 0 saturated heterocycles. The largest absolute Gasteiger partial charge is 0.353 e. The zero-order chi connectivity index (χ0) is 18.8. The summed E-state index contributed by atoms with van der Waals surface area (Å²) < 4.78 is 28.2. The van der Waals surface area contributed by atoms with E-state index in [0.29, 0.717) is 40.0 Å². The number of benzene rings is 1. The van der Waals surface area contributed by atoms with Crippen LogP contribution in [0, 0.1) is 24.5 Å². The fourth-order valence-electron chi connectivity index (χ4n) is 2.68. The van der Waals surface area contributed by atoms with Crippen LogP contribution in [0.2, 0.25) is 0 Å². The summed E-state index contributed by atoms with van der Waals surface area (Å²) in [4.78, 5) is 20.5. The number of halogens is 2. The molecular formula is C19H21F2N3OS. The number of nitrogens with zero attached hydrogens (tertiary/aromatic N) is 2. The predicted molar refractivity (Wildman–Crippen MR) is 100 cm³/mol. The lowest BCUT2D eigenvalue weighted by Gasteiger charge is -2.13. The second kappa shape index (κ2) is 7.61. The van der Waals surface area contributed by atoms with E-state index in [-0.39, 0.29) is 5.56 Å². The lowest BCUT2D eigenvalue weighted by Crippen LogP contribution is -2.24. The van der Waals surface area contributed by atoms with E-state index in [1.54, 1.807) is 10.6 Å². The van der Waals surface area contributed by atoms with Gasteiger partial charge in [0, 0.05) is 18.0 Å². The fourth-order valence-corrected chi connectivity index (χ4v) is 3.65. The molecule has 2 heterocycles. The van der Waals surface area contributed by atoms with Crippen LogP contribution in [0.5, 0.6) is 0 Å². The van der Waals surface area contributed by atoms with Gasteiger partial charge in [0.25, 0.3) is 5.56 Å². The van der Waals surface area contributed by atoms with E-state index >= 15 is 0 Å². The van der Waals surface area contributed by atoms with E-state index in [2.05, 4.69) is 23.8 Å². The summed E-state index contributed by atoms with van der Waals surface area (Å²) >= 11 is 1.35. The molecule has 0 spiro atoms. The SMILES string of the molecule is Cc1cc2nc(SCc3ccc(F)c(F)c3)n(CCC(C)C)c(=O)c2[nH]1. The highest BCUT2D eigenvalue weighted by Crippen LogP contribution is 2.24. The highest BCUT2D eigenvalue weighted by Gasteiger charge is 2.14. The number of nitrogens with one attached hydrogen (secondary N) is 1. The van der Waals surface area contributed by atoms with E-state index in [1.807, 2.05) is 13.0 Å². The molecule has 0 atom stereocenters. The lowest BCUT2D eigenvalue weighted by molar-refractivity contribution is 0.480. The van der Waals surface area contributed by atoms with Crippen LogP contribution in [0.25, 0.3) is 11.0 Å². The molecule has 3 aromatic rings. The van der Waals surface area contributed by atoms with Crippen molar-refractivity contribution < 1.29 is 8.78 Å². The zero-order valence-electron chi connectivity index (χ0n) is 15.0. The van der Waals surface area contributed by atoms with Crippen molar-refractivity contribution in [1.82, 2.24) is 14.5 Å². The summed E-state index contributed by atoms with van der Waals surface area (Å²) in [7, 11) is 0. The Bertz CT molecular complexity index is 994. The molecule has 0 amide bonds. The zero-order valence-corrected chi connectivity index (χ0v) is 15.8. The number of hydrogen-bond acceptors (Lipinski definition) is 3. The molecule has 0 radical (unpaired) electrons. The summed E-state index contributed by atoms with van der Waals surface area (Å²) in [6.07, 6.45) is 0.853. The van der Waals surface area contributed by atoms with Crippen LogP contribution < -0.4 is 5.56 Å². The van der Waals surface area contributed by atoms with Gasteiger partial charge in [-0.3, -0.25) is 9.36 Å². The Morgan fingerprint density at radius 1 is 1.23 bits per heavy atom. The van der Waals surface area contributed by atoms with E-state index in [1.165, 1.54) is 17.8 Å². The van der Waals surface area contributed by atoms with Crippen LogP contribution >= 0.6 is 11.8 Å². The molecule has 1 aromatic carbocycles. The number of rotatable bonds is 6. The van der Waals surface area contributed by atoms with Crippen LogP contribution in [0.15, 0.2) is 34.2 Å². The van der Waals surface area contributed by atoms with Gasteiger partial charge in [-0.1, -0.05) is 31.7 Å². The van der Waals surface area contributed by atoms with Crippen molar-refractivity contribution in [2.24, 2.45) is 5.92 Å². The third-order valence-electron chi connectivity index (χ3n) is 4.12. The number of aromatic nitrogens is 3. The Morgan fingerprint density at radius 2 is 2.00 bits per heavy atom. The standard InChI is InChI=1S/C19H21F2N3OS/c1-11(2)6-7-24-18(25)17-16(8-12(3)22-17)23-19(24)26-10-13-4-5-14(20)15(21)9-13/h4-5,8-9,11,22H,6-7,10H2,1-3H3. The van der Waals surface area contributed by atoms with Gasteiger partial charge in [0.2, 0.25) is 0 Å². The Morgan fingerprint density at radius 3 is 2.69 bits per heavy atom. The summed E-state index contributed by atoms with van der Waals surface area (Å²) in [5.74, 6) is -0.882. The molecule has 0 fully saturated rings. The van der Waals surface area contributed by atoms with Crippen molar-refractivity contribution in [3.05, 3.63) is 57.5 Å². The maximum atomic E-state index is 13.4. The minimum atomic E-state index is -0.870. The third kappa shape index (κ3) is 3.98. The molecule has 1 N–H and O–H groups in total. The van der Waals surface area contributed by atoms with E-state index in [9.17, 15) is 13.6 Å². The lowest BCUT2D eigenvalue weighted by atomic mass is 10.1. The molecule has 3 rings (SSSR count). The van der Waals surface area contributed by atoms with Crippen molar-refractivity contribution in [2.75, 3.05) is 0 Å². The van der Waals surface area contributed by atoms with Gasteiger partial charge in [-0.25, -0.2) is 13.8 Å². The summed E-state index contributed by atoms with van der Waals surface area (Å²) in [6.45, 7) is 6.65. The summed E-state index contributed by atoms with van der Waals surface area (Å²) in [6, 6.07) is 5.67. The average Bonchev–Trinajstić information content (AvgIpc) is 2.96. The van der Waals surface area contributed by atoms with Crippen LogP contribution in [0.3, 0.4) is 0 Å². The molecule has 4 nitrogen and oxygen atoms in total. The first-order chi connectivity index (χ1) is 12.3. The van der Waals surface area contributed by atoms with Gasteiger partial charge in [0.05, 0.1) is 5.52 Å². The van der Waals surface area contributed by atoms with E-state index < -0.39 is 11.6 Å². The number of thioether (sulfide) groups is 1. The van der Waals surface area contributed by atoms with Gasteiger partial charge >= 0.3 is 0 Å². The Hall–Kier alpha value is -2.15. The third-order valence-corrected chi connectivity index (χ3v) is 5.17. The maximum Gasteiger partial charge on any atom is 0.278 e. The summed E-state index contributed by atoms with van der Waals surface area (Å²) in [5, 5.41) is 0.590. The number of aryl methyl sites for hydroxylation is 1. The first-order valence-electron chi connectivity index (χ1n) is 8.52. The minimum absolute atomic E-state index is 0.100. The van der Waals surface area contributed by atoms with Gasteiger partial charge in [-0.2, -0.15) is 0 Å². The van der Waals surface area contributed by atoms with E-state index in [4.69, 9.17) is 0 Å². The second-order valence-corrected chi connectivity index (χ2v) is 7.73. The average molecular weight is 377 g/mol. The molecule has 0 aliphatic rings. The highest BCUT2D eigenvalue weighted by atomic mass is 32.2. The van der Waals surface area contributed by atoms with Crippen LogP contribution in [0.1, 0.15) is 31.5 Å². The number of aromatic amines is 1. The van der Waals surface area contributed by atoms with Gasteiger partial charge in [-0.05, 0) is 43.0 Å². The van der Waals surface area contributed by atoms with Gasteiger partial charge in [-0.15, -0.1) is 0 Å². The first kappa shape index (κ1) is 18.6. The summed E-state index contributed by atoms with van der Waals surface area (Å²) in [5.41, 5.74) is 2.55. The molecule has 0 aliphatic heterocycles. The minimum Gasteiger partial charge on any atom is -0.353 e. The van der Waals surface area contributed by atoms with Crippen LogP contribution in [-0.4, -0.2) is 14.5 Å². The number of fused-ring (bicyclic) bond motifs is 1. The highest BCUT2D eigenvalue weighted by molar-refractivity contribution is 7.98. The molecule has 7 heteroatoms. The molecule has 138 valence electrons. The molecule has 0 aliphatic carbocycles. The molecular weight excluding hydrogens is 356 g/mol. The van der Waals surface area contributed by atoms with Crippen molar-refractivity contribution in [1.29, 1.82) is 0 Å². The topological polar surface area (TPSA) is 50.7 Å². The van der Waals surface area contributed by atoms with Crippen LogP contribution in [-0.2, 0) is 12.3 Å². The monoisotopic (exact) mass is 377 g/mol. The molecule has 0 unspecified atom stereocenters. The van der Waals surface area contributed by atoms with Gasteiger partial charge in [0.15, 0.2) is 16.8 Å². The molecule has 26 heavy (non-hydrogen) atoms. The predicted octanol–water partition coefficient (Wildman–Crippen LogP) is 4.65. The fraction of sp³-hybridized carbons (Fsp3) is 0.368. The molecule has 0 bridgehead atoms. The Balaban J connectivity index is 1.95. The smallest absolute Gasteiger partial charge is 0.278 e. The maximum absolute atomic E-state index is 13.4. The van der Waals surface area contributed by atoms with Crippen molar-refractivity contribution in [2.45, 2.75) is 44.6 Å². The van der Waals surface area contributed by atoms with Gasteiger partial charge < -0.3 is 4.98 Å². The Labute approximate surface area is 154 Å². The first-order valence-corrected chi connectivity index (χ1v) is 9.50. The Kier molecular flexibility index (Phi) is 5.46. The van der Waals surface area contributed by atoms with Crippen LogP contribution in [0.4, 0.5) is 8.78 Å². The number of hydrogen-bond donors (Lipinski definition) is 1. The van der Waals surface area contributed by atoms with E-state index in [0.717, 1.165) is 18.2 Å². The quantitative estimate of drug-likeness (QED) is 0.502. The van der Waals surface area contributed by atoms with Crippen molar-refractivity contribution in [3.63, 3.8) is 0 Å². The van der Waals surface area contributed by atoms with Crippen molar-refractivity contribution in [3.8, 4) is 0 Å². The molecule has 0 saturated carbocycles. The second-order valence-electron chi connectivity index (χ2n) is 6.78. The molecule has 2 aromatic heterocycles. The van der Waals surface area contributed by atoms with Crippen molar-refractivity contribution >= 4 is 22.8 Å². The van der Waals surface area contributed by atoms with Gasteiger partial charge in [0.1, 0.15) is 5.52 Å². The normalized spacial score (nSPS) is 11.6.